The van der Waals surface area contributed by atoms with Crippen molar-refractivity contribution in [1.29, 1.82) is 0 Å². The Morgan fingerprint density at radius 1 is 1.08 bits per heavy atom. The van der Waals surface area contributed by atoms with Gasteiger partial charge in [0.15, 0.2) is 6.23 Å². The summed E-state index contributed by atoms with van der Waals surface area (Å²) >= 11 is 0. The van der Waals surface area contributed by atoms with Crippen LogP contribution in [0.25, 0.3) is 0 Å². The van der Waals surface area contributed by atoms with E-state index in [2.05, 4.69) is 17.1 Å². The number of alkyl carbamates (subject to hydrolysis) is 1. The predicted molar refractivity (Wildman–Crippen MR) is 147 cm³/mol. The van der Waals surface area contributed by atoms with Gasteiger partial charge in [-0.05, 0) is 72.6 Å². The first-order valence-electron chi connectivity index (χ1n) is 14.8. The van der Waals surface area contributed by atoms with Gasteiger partial charge in [0.05, 0.1) is 25.4 Å². The molecular formula is C29H53N3O6. The molecule has 1 N–H and O–H groups in total. The molecule has 2 aliphatic heterocycles. The smallest absolute Gasteiger partial charge is 0.412 e. The Bertz CT molecular complexity index is 758. The van der Waals surface area contributed by atoms with Crippen molar-refractivity contribution < 1.29 is 28.5 Å². The molecule has 2 unspecified atom stereocenters. The highest BCUT2D eigenvalue weighted by molar-refractivity contribution is 5.70. The lowest BCUT2D eigenvalue weighted by molar-refractivity contribution is -0.0806. The molecule has 1 saturated carbocycles. The summed E-state index contributed by atoms with van der Waals surface area (Å²) in [6.45, 7) is 17.1. The molecule has 0 radical (unpaired) electrons. The van der Waals surface area contributed by atoms with Crippen molar-refractivity contribution in [3.63, 3.8) is 0 Å². The zero-order valence-corrected chi connectivity index (χ0v) is 24.9. The molecule has 0 aromatic rings. The van der Waals surface area contributed by atoms with E-state index in [9.17, 15) is 9.59 Å². The minimum absolute atomic E-state index is 0.0116. The molecular weight excluding hydrogens is 486 g/mol. The number of hydrogen-bond acceptors (Lipinski definition) is 7. The second kappa shape index (κ2) is 13.7. The van der Waals surface area contributed by atoms with Gasteiger partial charge in [-0.3, -0.25) is 9.80 Å². The summed E-state index contributed by atoms with van der Waals surface area (Å²) in [5.41, 5.74) is -1.29. The third-order valence-corrected chi connectivity index (χ3v) is 8.05. The van der Waals surface area contributed by atoms with Crippen LogP contribution in [0.4, 0.5) is 9.59 Å². The second-order valence-corrected chi connectivity index (χ2v) is 13.0. The number of amides is 2. The molecule has 3 fully saturated rings. The van der Waals surface area contributed by atoms with Crippen molar-refractivity contribution in [3.05, 3.63) is 0 Å². The molecule has 3 rings (SSSR count). The van der Waals surface area contributed by atoms with Crippen molar-refractivity contribution in [1.82, 2.24) is 15.1 Å². The van der Waals surface area contributed by atoms with Gasteiger partial charge in [-0.15, -0.1) is 0 Å². The molecule has 0 aromatic carbocycles. The molecule has 3 aliphatic rings. The number of morpholine rings is 1. The lowest BCUT2D eigenvalue weighted by atomic mass is 9.82. The maximum absolute atomic E-state index is 13.3. The minimum atomic E-state index is -0.729. The van der Waals surface area contributed by atoms with Crippen LogP contribution in [0.3, 0.4) is 0 Å². The van der Waals surface area contributed by atoms with Crippen LogP contribution < -0.4 is 5.32 Å². The monoisotopic (exact) mass is 539 g/mol. The molecule has 0 spiro atoms. The zero-order chi connectivity index (χ0) is 27.9. The first-order valence-corrected chi connectivity index (χ1v) is 14.8. The molecule has 2 saturated heterocycles. The first kappa shape index (κ1) is 31.0. The fraction of sp³-hybridized carbons (Fsp3) is 0.931. The van der Waals surface area contributed by atoms with E-state index < -0.39 is 11.3 Å². The maximum Gasteiger partial charge on any atom is 0.412 e. The Balaban J connectivity index is 1.54. The van der Waals surface area contributed by atoms with Crippen LogP contribution >= 0.6 is 0 Å². The van der Waals surface area contributed by atoms with E-state index in [4.69, 9.17) is 18.9 Å². The number of carbonyl (C=O) groups is 2. The van der Waals surface area contributed by atoms with Crippen molar-refractivity contribution in [3.8, 4) is 0 Å². The van der Waals surface area contributed by atoms with Crippen LogP contribution in [0.5, 0.6) is 0 Å². The SMILES string of the molecule is CC(CC[C@@H]1OC(C)(C)N(C(=O)OC(C)(C)C)[C@H]1CC1CCCCC1)CNC(=O)OC(C)N1CCOCC1. The van der Waals surface area contributed by atoms with Gasteiger partial charge in [0.2, 0.25) is 0 Å². The highest BCUT2D eigenvalue weighted by atomic mass is 16.6. The van der Waals surface area contributed by atoms with Crippen molar-refractivity contribution in [2.24, 2.45) is 11.8 Å². The number of ether oxygens (including phenoxy) is 4. The van der Waals surface area contributed by atoms with Crippen LogP contribution in [0.15, 0.2) is 0 Å². The highest BCUT2D eigenvalue weighted by Gasteiger charge is 2.51. The molecule has 0 bridgehead atoms. The quantitative estimate of drug-likeness (QED) is 0.413. The second-order valence-electron chi connectivity index (χ2n) is 13.0. The van der Waals surface area contributed by atoms with Gasteiger partial charge in [-0.2, -0.15) is 0 Å². The molecule has 220 valence electrons. The lowest BCUT2D eigenvalue weighted by Crippen LogP contribution is -2.50. The lowest BCUT2D eigenvalue weighted by Gasteiger charge is -2.37. The summed E-state index contributed by atoms with van der Waals surface area (Å²) in [5, 5.41) is 2.93. The fourth-order valence-electron chi connectivity index (χ4n) is 6.03. The number of nitrogens with one attached hydrogen (secondary N) is 1. The summed E-state index contributed by atoms with van der Waals surface area (Å²) in [7, 11) is 0. The van der Waals surface area contributed by atoms with Gasteiger partial charge >= 0.3 is 12.2 Å². The van der Waals surface area contributed by atoms with Gasteiger partial charge in [0.1, 0.15) is 11.3 Å². The topological polar surface area (TPSA) is 89.6 Å². The molecule has 4 atom stereocenters. The van der Waals surface area contributed by atoms with Crippen LogP contribution in [0.1, 0.15) is 99.8 Å². The minimum Gasteiger partial charge on any atom is -0.444 e. The Labute approximate surface area is 230 Å². The average Bonchev–Trinajstić information content (AvgIpc) is 3.10. The number of carbonyl (C=O) groups excluding carboxylic acids is 2. The standard InChI is InChI=1S/C29H53N3O6/c1-21(20-30-26(33)36-22(2)31-15-17-35-18-16-31)13-14-25-24(19-23-11-9-8-10-12-23)32(29(6,7)37-25)27(34)38-28(3,4)5/h21-25H,8-20H2,1-7H3,(H,30,33)/t21?,22?,24-,25-/m0/s1. The summed E-state index contributed by atoms with van der Waals surface area (Å²) in [6.07, 6.45) is 7.91. The molecule has 0 aromatic heterocycles. The van der Waals surface area contributed by atoms with E-state index in [1.165, 1.54) is 32.1 Å². The van der Waals surface area contributed by atoms with E-state index in [1.807, 2.05) is 46.4 Å². The van der Waals surface area contributed by atoms with Gasteiger partial charge < -0.3 is 24.3 Å². The average molecular weight is 540 g/mol. The zero-order valence-electron chi connectivity index (χ0n) is 24.9. The number of rotatable bonds is 9. The fourth-order valence-corrected chi connectivity index (χ4v) is 6.03. The molecule has 9 nitrogen and oxygen atoms in total. The van der Waals surface area contributed by atoms with E-state index >= 15 is 0 Å². The molecule has 2 heterocycles. The van der Waals surface area contributed by atoms with E-state index in [-0.39, 0.29) is 36.5 Å². The van der Waals surface area contributed by atoms with Gasteiger partial charge in [-0.25, -0.2) is 9.59 Å². The molecule has 9 heteroatoms. The first-order chi connectivity index (χ1) is 17.9. The Morgan fingerprint density at radius 2 is 1.74 bits per heavy atom. The van der Waals surface area contributed by atoms with Crippen LogP contribution in [-0.4, -0.2) is 84.5 Å². The number of nitrogens with zero attached hydrogens (tertiary/aromatic N) is 2. The van der Waals surface area contributed by atoms with Crippen LogP contribution in [0.2, 0.25) is 0 Å². The van der Waals surface area contributed by atoms with Gasteiger partial charge in [-0.1, -0.05) is 39.0 Å². The number of hydrogen-bond donors (Lipinski definition) is 1. The van der Waals surface area contributed by atoms with Gasteiger partial charge in [0, 0.05) is 19.6 Å². The molecule has 38 heavy (non-hydrogen) atoms. The summed E-state index contributed by atoms with van der Waals surface area (Å²) in [4.78, 5) is 29.7. The van der Waals surface area contributed by atoms with E-state index in [1.54, 1.807) is 0 Å². The highest BCUT2D eigenvalue weighted by Crippen LogP contribution is 2.41. The Kier molecular flexibility index (Phi) is 11.1. The van der Waals surface area contributed by atoms with Crippen molar-refractivity contribution >= 4 is 12.2 Å². The van der Waals surface area contributed by atoms with Crippen molar-refractivity contribution in [2.75, 3.05) is 32.8 Å². The largest absolute Gasteiger partial charge is 0.444 e. The van der Waals surface area contributed by atoms with Crippen LogP contribution in [0, 0.1) is 11.8 Å². The van der Waals surface area contributed by atoms with Gasteiger partial charge in [0.25, 0.3) is 0 Å². The third-order valence-electron chi connectivity index (χ3n) is 8.05. The Hall–Kier alpha value is -1.58. The Morgan fingerprint density at radius 3 is 2.37 bits per heavy atom. The summed E-state index contributed by atoms with van der Waals surface area (Å²) in [5.74, 6) is 0.861. The third kappa shape index (κ3) is 9.26. The van der Waals surface area contributed by atoms with Crippen LogP contribution in [-0.2, 0) is 18.9 Å². The van der Waals surface area contributed by atoms with E-state index in [0.717, 1.165) is 32.4 Å². The summed E-state index contributed by atoms with van der Waals surface area (Å²) in [6, 6.07) is -0.0116. The normalized spacial score (nSPS) is 26.6. The molecule has 2 amide bonds. The predicted octanol–water partition coefficient (Wildman–Crippen LogP) is 5.52. The molecule has 1 aliphatic carbocycles. The van der Waals surface area contributed by atoms with E-state index in [0.29, 0.717) is 25.7 Å². The summed E-state index contributed by atoms with van der Waals surface area (Å²) < 4.78 is 23.3. The van der Waals surface area contributed by atoms with Crippen molar-refractivity contribution in [2.45, 2.75) is 130 Å². The maximum atomic E-state index is 13.3.